The summed E-state index contributed by atoms with van der Waals surface area (Å²) in [4.78, 5) is 8.29. The van der Waals surface area contributed by atoms with Crippen LogP contribution in [0.4, 0.5) is 19.1 Å². The molecule has 3 aromatic rings. The van der Waals surface area contributed by atoms with Crippen LogP contribution in [-0.4, -0.2) is 20.2 Å². The van der Waals surface area contributed by atoms with Crippen LogP contribution in [0.1, 0.15) is 44.6 Å². The number of rotatable bonds is 5. The summed E-state index contributed by atoms with van der Waals surface area (Å²) in [5.74, 6) is -1.02. The second-order valence-electron chi connectivity index (χ2n) is 5.88. The molecule has 0 amide bonds. The Morgan fingerprint density at radius 3 is 2.36 bits per heavy atom. The lowest BCUT2D eigenvalue weighted by atomic mass is 10.1. The molecule has 1 N–H and O–H groups in total. The number of hydrogen-bond acceptors (Lipinski definition) is 6. The van der Waals surface area contributed by atoms with Gasteiger partial charge < -0.3 is 9.73 Å². The second-order valence-corrected chi connectivity index (χ2v) is 6.28. The van der Waals surface area contributed by atoms with Crippen LogP contribution in [-0.2, 0) is 5.54 Å². The van der Waals surface area contributed by atoms with Gasteiger partial charge in [0.05, 0.1) is 16.1 Å². The van der Waals surface area contributed by atoms with Crippen LogP contribution in [0.2, 0.25) is 5.02 Å². The Labute approximate surface area is 164 Å². The molecule has 4 rings (SSSR count). The van der Waals surface area contributed by atoms with Crippen molar-refractivity contribution < 1.29 is 17.6 Å². The predicted molar refractivity (Wildman–Crippen MR) is 97.6 cm³/mol. The van der Waals surface area contributed by atoms with E-state index >= 15 is 0 Å². The molecule has 1 fully saturated rings. The molecular weight excluding hydrogens is 395 g/mol. The molecule has 0 atom stereocenters. The first-order chi connectivity index (χ1) is 13.5. The van der Waals surface area contributed by atoms with Crippen LogP contribution in [0.25, 0.3) is 11.5 Å². The smallest absolute Gasteiger partial charge is 0.314 e. The van der Waals surface area contributed by atoms with E-state index in [2.05, 4.69) is 25.5 Å². The van der Waals surface area contributed by atoms with Crippen LogP contribution in [0.3, 0.4) is 0 Å². The second kappa shape index (κ2) is 8.14. The Morgan fingerprint density at radius 2 is 1.82 bits per heavy atom. The first-order valence-corrected chi connectivity index (χ1v) is 9.02. The minimum absolute atomic E-state index is 0.0628. The summed E-state index contributed by atoms with van der Waals surface area (Å²) in [6, 6.07) is 4.65. The van der Waals surface area contributed by atoms with Crippen molar-refractivity contribution in [2.24, 2.45) is 0 Å². The molecule has 2 heterocycles. The highest BCUT2D eigenvalue weighted by molar-refractivity contribution is 6.30. The zero-order chi connectivity index (χ0) is 20.3. The van der Waals surface area contributed by atoms with E-state index in [1.807, 2.05) is 13.8 Å². The third-order valence-corrected chi connectivity index (χ3v) is 4.41. The largest absolute Gasteiger partial charge is 0.415 e. The minimum atomic E-state index is -2.84. The van der Waals surface area contributed by atoms with Gasteiger partial charge in [0, 0.05) is 12.4 Å². The Hall–Kier alpha value is -2.68. The van der Waals surface area contributed by atoms with Gasteiger partial charge in [-0.2, -0.15) is 8.78 Å². The van der Waals surface area contributed by atoms with Gasteiger partial charge in [0.1, 0.15) is 5.82 Å². The van der Waals surface area contributed by atoms with Gasteiger partial charge in [-0.05, 0) is 30.5 Å². The van der Waals surface area contributed by atoms with Gasteiger partial charge >= 0.3 is 6.43 Å². The zero-order valence-corrected chi connectivity index (χ0v) is 15.8. The number of nitrogens with one attached hydrogen (secondary N) is 1. The summed E-state index contributed by atoms with van der Waals surface area (Å²) in [5.41, 5.74) is 0.628. The predicted octanol–water partition coefficient (Wildman–Crippen LogP) is 5.38. The van der Waals surface area contributed by atoms with Crippen molar-refractivity contribution >= 4 is 17.5 Å². The summed E-state index contributed by atoms with van der Waals surface area (Å²) >= 11 is 5.72. The van der Waals surface area contributed by atoms with Crippen LogP contribution in [0.15, 0.2) is 35.0 Å². The normalized spacial score (nSPS) is 14.4. The van der Waals surface area contributed by atoms with Crippen molar-refractivity contribution in [1.82, 2.24) is 20.2 Å². The van der Waals surface area contributed by atoms with Crippen molar-refractivity contribution in [3.8, 4) is 11.5 Å². The fourth-order valence-electron chi connectivity index (χ4n) is 2.56. The third kappa shape index (κ3) is 4.09. The van der Waals surface area contributed by atoms with Gasteiger partial charge in [-0.15, -0.1) is 10.2 Å². The topological polar surface area (TPSA) is 76.7 Å². The molecule has 10 heteroatoms. The molecule has 0 bridgehead atoms. The molecule has 1 aliphatic rings. The summed E-state index contributed by atoms with van der Waals surface area (Å²) in [5, 5.41) is 10.0. The zero-order valence-electron chi connectivity index (χ0n) is 15.1. The Morgan fingerprint density at radius 1 is 1.14 bits per heavy atom. The molecule has 0 unspecified atom stereocenters. The molecule has 0 radical (unpaired) electrons. The molecule has 2 aromatic heterocycles. The number of halogens is 4. The maximum atomic E-state index is 13.7. The average molecular weight is 412 g/mol. The van der Waals surface area contributed by atoms with E-state index in [0.29, 0.717) is 11.5 Å². The first kappa shape index (κ1) is 20.1. The minimum Gasteiger partial charge on any atom is -0.415 e. The number of aromatic nitrogens is 4. The van der Waals surface area contributed by atoms with Crippen molar-refractivity contribution in [3.63, 3.8) is 0 Å². The monoisotopic (exact) mass is 411 g/mol. The van der Waals surface area contributed by atoms with Crippen LogP contribution < -0.4 is 5.32 Å². The van der Waals surface area contributed by atoms with E-state index < -0.39 is 23.7 Å². The fraction of sp³-hybridized carbons (Fsp3) is 0.333. The lowest BCUT2D eigenvalue weighted by Gasteiger charge is -2.18. The van der Waals surface area contributed by atoms with Gasteiger partial charge in [0.15, 0.2) is 0 Å². The molecule has 0 spiro atoms. The van der Waals surface area contributed by atoms with Crippen molar-refractivity contribution in [2.75, 3.05) is 5.32 Å². The number of anilines is 1. The van der Waals surface area contributed by atoms with Gasteiger partial charge in [0.25, 0.3) is 11.8 Å². The fourth-order valence-corrected chi connectivity index (χ4v) is 2.68. The van der Waals surface area contributed by atoms with Crippen molar-refractivity contribution in [1.29, 1.82) is 0 Å². The highest BCUT2D eigenvalue weighted by Gasteiger charge is 2.45. The quantitative estimate of drug-likeness (QED) is 0.607. The number of nitrogens with zero attached hydrogens (tertiary/aromatic N) is 4. The van der Waals surface area contributed by atoms with Gasteiger partial charge in [-0.1, -0.05) is 31.5 Å². The van der Waals surface area contributed by atoms with E-state index in [1.165, 1.54) is 24.5 Å². The molecular formula is C18H17ClF3N5O. The lowest BCUT2D eigenvalue weighted by molar-refractivity contribution is 0.116. The van der Waals surface area contributed by atoms with E-state index in [4.69, 9.17) is 16.0 Å². The average Bonchev–Trinajstić information content (AvgIpc) is 3.30. The summed E-state index contributed by atoms with van der Waals surface area (Å²) < 4.78 is 43.5. The van der Waals surface area contributed by atoms with E-state index in [1.54, 1.807) is 6.07 Å². The van der Waals surface area contributed by atoms with Gasteiger partial charge in [-0.25, -0.2) is 14.4 Å². The molecule has 1 aromatic carbocycles. The van der Waals surface area contributed by atoms with Gasteiger partial charge in [-0.3, -0.25) is 0 Å². The van der Waals surface area contributed by atoms with Crippen LogP contribution >= 0.6 is 11.6 Å². The lowest BCUT2D eigenvalue weighted by Crippen LogP contribution is -2.20. The Balaban J connectivity index is 0.00000109. The maximum absolute atomic E-state index is 13.7. The Kier molecular flexibility index (Phi) is 5.83. The van der Waals surface area contributed by atoms with E-state index in [-0.39, 0.29) is 10.9 Å². The van der Waals surface area contributed by atoms with Crippen molar-refractivity contribution in [3.05, 3.63) is 52.9 Å². The molecule has 0 aliphatic heterocycles. The molecule has 1 saturated carbocycles. The number of benzene rings is 1. The summed E-state index contributed by atoms with van der Waals surface area (Å²) in [6.07, 6.45) is 1.52. The highest BCUT2D eigenvalue weighted by atomic mass is 35.5. The SMILES string of the molecule is CC.Fc1cc(C2(Nc3ncc(-c4nnc(C(F)F)o4)cn3)CC2)ccc1Cl. The number of hydrogen-bond donors (Lipinski definition) is 1. The molecule has 148 valence electrons. The third-order valence-electron chi connectivity index (χ3n) is 4.10. The highest BCUT2D eigenvalue weighted by Crippen LogP contribution is 2.48. The van der Waals surface area contributed by atoms with E-state index in [0.717, 1.165) is 18.4 Å². The van der Waals surface area contributed by atoms with Crippen LogP contribution in [0.5, 0.6) is 0 Å². The molecule has 0 saturated heterocycles. The number of alkyl halides is 2. The van der Waals surface area contributed by atoms with Gasteiger partial charge in [0.2, 0.25) is 5.95 Å². The van der Waals surface area contributed by atoms with E-state index in [9.17, 15) is 13.2 Å². The van der Waals surface area contributed by atoms with Crippen molar-refractivity contribution in [2.45, 2.75) is 38.7 Å². The first-order valence-electron chi connectivity index (χ1n) is 8.64. The summed E-state index contributed by atoms with van der Waals surface area (Å²) in [6.45, 7) is 4.00. The molecule has 1 aliphatic carbocycles. The molecule has 6 nitrogen and oxygen atoms in total. The Bertz CT molecular complexity index is 945. The maximum Gasteiger partial charge on any atom is 0.314 e. The molecule has 28 heavy (non-hydrogen) atoms. The van der Waals surface area contributed by atoms with Crippen LogP contribution in [0, 0.1) is 5.82 Å². The summed E-state index contributed by atoms with van der Waals surface area (Å²) in [7, 11) is 0. The standard InChI is InChI=1S/C16H11ClF3N5O.C2H6/c17-10-2-1-9(5-11(10)18)16(3-4-16)23-15-21-6-8(7-22-15)13-24-25-14(26-13)12(19)20;1-2/h1-2,5-7,12H,3-4H2,(H,21,22,23);1-2H3.